The zero-order valence-corrected chi connectivity index (χ0v) is 19.2. The molecule has 3 aromatic rings. The van der Waals surface area contributed by atoms with Crippen molar-refractivity contribution in [3.63, 3.8) is 0 Å². The predicted octanol–water partition coefficient (Wildman–Crippen LogP) is 5.51. The lowest BCUT2D eigenvalue weighted by Gasteiger charge is -2.16. The number of hydrogen-bond donors (Lipinski definition) is 1. The fourth-order valence-corrected chi connectivity index (χ4v) is 4.39. The number of thioether (sulfide) groups is 1. The Bertz CT molecular complexity index is 1240. The molecule has 0 unspecified atom stereocenters. The molecule has 4 rings (SSSR count). The van der Waals surface area contributed by atoms with E-state index in [0.717, 1.165) is 9.80 Å². The summed E-state index contributed by atoms with van der Waals surface area (Å²) in [6, 6.07) is 22.5. The summed E-state index contributed by atoms with van der Waals surface area (Å²) in [6.45, 7) is 2.01. The molecule has 1 aliphatic rings. The second-order valence-electron chi connectivity index (χ2n) is 6.94. The molecule has 166 valence electrons. The number of ether oxygens (including phenoxy) is 1. The molecule has 0 saturated heterocycles. The normalized spacial score (nSPS) is 13.5. The van der Waals surface area contributed by atoms with E-state index in [4.69, 9.17) is 16.3 Å². The Balaban J connectivity index is 1.69. The predicted molar refractivity (Wildman–Crippen MR) is 129 cm³/mol. The van der Waals surface area contributed by atoms with Crippen LogP contribution in [0, 0.1) is 0 Å². The van der Waals surface area contributed by atoms with Gasteiger partial charge in [-0.15, -0.1) is 0 Å². The molecule has 0 aliphatic carbocycles. The van der Waals surface area contributed by atoms with Gasteiger partial charge in [0.1, 0.15) is 10.6 Å². The van der Waals surface area contributed by atoms with Crippen molar-refractivity contribution < 1.29 is 19.1 Å². The van der Waals surface area contributed by atoms with E-state index in [1.54, 1.807) is 55.5 Å². The van der Waals surface area contributed by atoms with E-state index in [1.165, 1.54) is 11.8 Å². The van der Waals surface area contributed by atoms with Gasteiger partial charge in [0.2, 0.25) is 0 Å². The SMILES string of the molecule is CCOC(=O)c1ccc(NC2=C(Sc3ccccc3)C(=O)N(c3ccccc3Cl)C2=O)cc1. The third-order valence-electron chi connectivity index (χ3n) is 4.76. The van der Waals surface area contributed by atoms with Crippen LogP contribution in [0.2, 0.25) is 5.02 Å². The van der Waals surface area contributed by atoms with Crippen LogP contribution in [0.15, 0.2) is 94.4 Å². The van der Waals surface area contributed by atoms with E-state index in [1.807, 2.05) is 30.3 Å². The van der Waals surface area contributed by atoms with E-state index in [-0.39, 0.29) is 17.2 Å². The summed E-state index contributed by atoms with van der Waals surface area (Å²) < 4.78 is 5.00. The van der Waals surface area contributed by atoms with Crippen LogP contribution in [0.1, 0.15) is 17.3 Å². The molecular weight excluding hydrogens is 460 g/mol. The number of amides is 2. The summed E-state index contributed by atoms with van der Waals surface area (Å²) in [6.07, 6.45) is 0. The van der Waals surface area contributed by atoms with E-state index >= 15 is 0 Å². The van der Waals surface area contributed by atoms with Gasteiger partial charge in [0, 0.05) is 10.6 Å². The van der Waals surface area contributed by atoms with Crippen LogP contribution in [0.25, 0.3) is 0 Å². The zero-order valence-electron chi connectivity index (χ0n) is 17.6. The number of hydrogen-bond acceptors (Lipinski definition) is 6. The number of benzene rings is 3. The van der Waals surface area contributed by atoms with Gasteiger partial charge >= 0.3 is 5.97 Å². The standard InChI is InChI=1S/C25H19ClN2O4S/c1-2-32-25(31)16-12-14-17(15-13-16)27-21-22(33-18-8-4-3-5-9-18)24(30)28(23(21)29)20-11-7-6-10-19(20)26/h3-15,27H,2H2,1H3. The highest BCUT2D eigenvalue weighted by Crippen LogP contribution is 2.39. The molecule has 8 heteroatoms. The minimum atomic E-state index is -0.513. The summed E-state index contributed by atoms with van der Waals surface area (Å²) in [5, 5.41) is 3.36. The Hall–Kier alpha value is -3.55. The molecule has 0 aromatic heterocycles. The van der Waals surface area contributed by atoms with Gasteiger partial charge in [-0.2, -0.15) is 0 Å². The van der Waals surface area contributed by atoms with E-state index in [2.05, 4.69) is 5.32 Å². The Morgan fingerprint density at radius 3 is 2.27 bits per heavy atom. The Morgan fingerprint density at radius 1 is 0.939 bits per heavy atom. The molecule has 1 N–H and O–H groups in total. The highest BCUT2D eigenvalue weighted by atomic mass is 35.5. The molecule has 0 fully saturated rings. The third kappa shape index (κ3) is 4.79. The van der Waals surface area contributed by atoms with Crippen LogP contribution < -0.4 is 10.2 Å². The van der Waals surface area contributed by atoms with Crippen molar-refractivity contribution in [3.8, 4) is 0 Å². The lowest BCUT2D eigenvalue weighted by molar-refractivity contribution is -0.120. The summed E-state index contributed by atoms with van der Waals surface area (Å²) in [7, 11) is 0. The van der Waals surface area contributed by atoms with Crippen molar-refractivity contribution in [1.82, 2.24) is 0 Å². The first-order valence-electron chi connectivity index (χ1n) is 10.1. The Labute approximate surface area is 200 Å². The van der Waals surface area contributed by atoms with Gasteiger partial charge < -0.3 is 10.1 Å². The van der Waals surface area contributed by atoms with Crippen LogP contribution >= 0.6 is 23.4 Å². The second kappa shape index (κ2) is 9.94. The summed E-state index contributed by atoms with van der Waals surface area (Å²) in [5.41, 5.74) is 1.39. The van der Waals surface area contributed by atoms with Gasteiger partial charge in [-0.05, 0) is 55.5 Å². The monoisotopic (exact) mass is 478 g/mol. The lowest BCUT2D eigenvalue weighted by Crippen LogP contribution is -2.32. The first kappa shape index (κ1) is 22.6. The molecule has 6 nitrogen and oxygen atoms in total. The second-order valence-corrected chi connectivity index (χ2v) is 8.43. The largest absolute Gasteiger partial charge is 0.462 e. The minimum absolute atomic E-state index is 0.137. The van der Waals surface area contributed by atoms with Crippen LogP contribution in [0.3, 0.4) is 0 Å². The van der Waals surface area contributed by atoms with Crippen molar-refractivity contribution in [1.29, 1.82) is 0 Å². The van der Waals surface area contributed by atoms with Gasteiger partial charge in [-0.1, -0.05) is 53.7 Å². The van der Waals surface area contributed by atoms with E-state index in [9.17, 15) is 14.4 Å². The minimum Gasteiger partial charge on any atom is -0.462 e. The number of halogens is 1. The lowest BCUT2D eigenvalue weighted by atomic mass is 10.2. The number of anilines is 2. The maximum atomic E-state index is 13.4. The van der Waals surface area contributed by atoms with Gasteiger partial charge in [0.25, 0.3) is 11.8 Å². The molecule has 1 aliphatic heterocycles. The third-order valence-corrected chi connectivity index (χ3v) is 6.17. The van der Waals surface area contributed by atoms with Gasteiger partial charge in [-0.25, -0.2) is 9.69 Å². The molecule has 0 spiro atoms. The average molecular weight is 479 g/mol. The number of nitrogens with zero attached hydrogens (tertiary/aromatic N) is 1. The molecule has 0 saturated carbocycles. The summed E-state index contributed by atoms with van der Waals surface area (Å²) in [4.78, 5) is 40.8. The number of esters is 1. The van der Waals surface area contributed by atoms with Crippen molar-refractivity contribution >= 4 is 52.5 Å². The molecule has 3 aromatic carbocycles. The number of imide groups is 1. The first-order chi connectivity index (χ1) is 16.0. The number of para-hydroxylation sites is 1. The number of nitrogens with one attached hydrogen (secondary N) is 1. The summed E-state index contributed by atoms with van der Waals surface area (Å²) in [5.74, 6) is -1.41. The molecule has 33 heavy (non-hydrogen) atoms. The molecule has 0 atom stereocenters. The van der Waals surface area contributed by atoms with Crippen molar-refractivity contribution in [2.24, 2.45) is 0 Å². The van der Waals surface area contributed by atoms with Crippen LogP contribution in [-0.4, -0.2) is 24.4 Å². The van der Waals surface area contributed by atoms with E-state index in [0.29, 0.717) is 22.0 Å². The molecule has 2 amide bonds. The molecule has 0 bridgehead atoms. The smallest absolute Gasteiger partial charge is 0.338 e. The maximum absolute atomic E-state index is 13.4. The molecule has 0 radical (unpaired) electrons. The van der Waals surface area contributed by atoms with Gasteiger partial charge in [0.05, 0.1) is 22.9 Å². The summed E-state index contributed by atoms with van der Waals surface area (Å²) >= 11 is 7.49. The van der Waals surface area contributed by atoms with Crippen molar-refractivity contribution in [3.05, 3.63) is 100 Å². The first-order valence-corrected chi connectivity index (χ1v) is 11.3. The molecular formula is C25H19ClN2O4S. The number of carbonyl (C=O) groups is 3. The highest BCUT2D eigenvalue weighted by Gasteiger charge is 2.41. The maximum Gasteiger partial charge on any atom is 0.338 e. The van der Waals surface area contributed by atoms with Crippen molar-refractivity contribution in [2.45, 2.75) is 11.8 Å². The Morgan fingerprint density at radius 2 is 1.61 bits per heavy atom. The van der Waals surface area contributed by atoms with E-state index < -0.39 is 17.8 Å². The topological polar surface area (TPSA) is 75.7 Å². The Kier molecular flexibility index (Phi) is 6.82. The molecule has 1 heterocycles. The van der Waals surface area contributed by atoms with Crippen LogP contribution in [0.5, 0.6) is 0 Å². The average Bonchev–Trinajstić information content (AvgIpc) is 3.05. The van der Waals surface area contributed by atoms with Gasteiger partial charge in [-0.3, -0.25) is 9.59 Å². The van der Waals surface area contributed by atoms with Crippen molar-refractivity contribution in [2.75, 3.05) is 16.8 Å². The fourth-order valence-electron chi connectivity index (χ4n) is 3.22. The van der Waals surface area contributed by atoms with Crippen LogP contribution in [0.4, 0.5) is 11.4 Å². The van der Waals surface area contributed by atoms with Gasteiger partial charge in [0.15, 0.2) is 0 Å². The number of carbonyl (C=O) groups excluding carboxylic acids is 3. The highest BCUT2D eigenvalue weighted by molar-refractivity contribution is 8.04. The quantitative estimate of drug-likeness (QED) is 0.356. The van der Waals surface area contributed by atoms with Crippen LogP contribution in [-0.2, 0) is 14.3 Å². The number of rotatable bonds is 7. The zero-order chi connectivity index (χ0) is 23.4. The fraction of sp³-hybridized carbons (Fsp3) is 0.0800.